The smallest absolute Gasteiger partial charge is 0.224 e. The van der Waals surface area contributed by atoms with Gasteiger partial charge in [0.25, 0.3) is 0 Å². The first kappa shape index (κ1) is 11.9. The second-order valence-corrected chi connectivity index (χ2v) is 4.48. The van der Waals surface area contributed by atoms with E-state index in [0.29, 0.717) is 17.5 Å². The van der Waals surface area contributed by atoms with E-state index in [0.717, 1.165) is 16.5 Å². The van der Waals surface area contributed by atoms with Gasteiger partial charge in [-0.25, -0.2) is 9.97 Å². The summed E-state index contributed by atoms with van der Waals surface area (Å²) in [6.45, 7) is 0.390. The summed E-state index contributed by atoms with van der Waals surface area (Å²) in [5.41, 5.74) is 1.80. The van der Waals surface area contributed by atoms with Crippen molar-refractivity contribution in [2.24, 2.45) is 0 Å². The number of hydrogen-bond acceptors (Lipinski definition) is 3. The maximum absolute atomic E-state index is 6.10. The molecular formula is C15H11ClN2O. The monoisotopic (exact) mass is 270 g/mol. The summed E-state index contributed by atoms with van der Waals surface area (Å²) in [6.07, 6.45) is 1.50. The maximum Gasteiger partial charge on any atom is 0.224 e. The summed E-state index contributed by atoms with van der Waals surface area (Å²) in [5, 5.41) is 1.60. The minimum absolute atomic E-state index is 0.390. The lowest BCUT2D eigenvalue weighted by Crippen LogP contribution is -1.99. The first-order valence-corrected chi connectivity index (χ1v) is 6.28. The number of fused-ring (bicyclic) bond motifs is 1. The van der Waals surface area contributed by atoms with Crippen molar-refractivity contribution in [2.75, 3.05) is 0 Å². The van der Waals surface area contributed by atoms with Gasteiger partial charge in [-0.05, 0) is 18.2 Å². The fraction of sp³-hybridized carbons (Fsp3) is 0.0667. The third kappa shape index (κ3) is 2.51. The Morgan fingerprint density at radius 2 is 1.74 bits per heavy atom. The van der Waals surface area contributed by atoms with Crippen LogP contribution in [0.2, 0.25) is 5.02 Å². The second kappa shape index (κ2) is 5.24. The number of halogens is 1. The first-order valence-electron chi connectivity index (χ1n) is 5.90. The Balaban J connectivity index is 1.88. The number of hydrogen-bond donors (Lipinski definition) is 0. The van der Waals surface area contributed by atoms with E-state index in [4.69, 9.17) is 16.3 Å². The van der Waals surface area contributed by atoms with Crippen LogP contribution in [-0.4, -0.2) is 9.97 Å². The maximum atomic E-state index is 6.10. The minimum Gasteiger partial charge on any atom is -0.472 e. The lowest BCUT2D eigenvalue weighted by molar-refractivity contribution is 0.297. The van der Waals surface area contributed by atoms with E-state index in [-0.39, 0.29) is 0 Å². The molecule has 0 radical (unpaired) electrons. The molecule has 0 atom stereocenters. The molecule has 0 spiro atoms. The van der Waals surface area contributed by atoms with Gasteiger partial charge < -0.3 is 4.74 Å². The van der Waals surface area contributed by atoms with E-state index in [9.17, 15) is 0 Å². The number of ether oxygens (including phenoxy) is 1. The van der Waals surface area contributed by atoms with Crippen molar-refractivity contribution >= 4 is 22.5 Å². The van der Waals surface area contributed by atoms with E-state index in [1.807, 2.05) is 48.5 Å². The van der Waals surface area contributed by atoms with Gasteiger partial charge in [-0.3, -0.25) is 0 Å². The molecule has 3 nitrogen and oxygen atoms in total. The summed E-state index contributed by atoms with van der Waals surface area (Å²) < 4.78 is 5.75. The molecule has 0 saturated carbocycles. The number of rotatable bonds is 3. The molecule has 0 unspecified atom stereocenters. The molecule has 0 bridgehead atoms. The first-order chi connectivity index (χ1) is 9.34. The van der Waals surface area contributed by atoms with Crippen molar-refractivity contribution in [3.63, 3.8) is 0 Å². The highest BCUT2D eigenvalue weighted by molar-refractivity contribution is 6.31. The highest BCUT2D eigenvalue weighted by Gasteiger charge is 2.05. The molecule has 19 heavy (non-hydrogen) atoms. The lowest BCUT2D eigenvalue weighted by Gasteiger charge is -2.08. The molecule has 3 rings (SSSR count). The van der Waals surface area contributed by atoms with Crippen LogP contribution < -0.4 is 4.74 Å². The zero-order chi connectivity index (χ0) is 13.1. The van der Waals surface area contributed by atoms with Crippen LogP contribution in [0.4, 0.5) is 0 Å². The van der Waals surface area contributed by atoms with Crippen LogP contribution in [0.5, 0.6) is 5.88 Å². The summed E-state index contributed by atoms with van der Waals surface area (Å²) in [7, 11) is 0. The van der Waals surface area contributed by atoms with Crippen molar-refractivity contribution in [3.8, 4) is 5.88 Å². The molecule has 0 aliphatic carbocycles. The summed E-state index contributed by atoms with van der Waals surface area (Å²) in [4.78, 5) is 8.37. The largest absolute Gasteiger partial charge is 0.472 e. The topological polar surface area (TPSA) is 35.0 Å². The molecule has 0 saturated heterocycles. The number of aromatic nitrogens is 2. The number of benzene rings is 2. The normalized spacial score (nSPS) is 10.6. The fourth-order valence-electron chi connectivity index (χ4n) is 1.86. The van der Waals surface area contributed by atoms with E-state index < -0.39 is 0 Å². The van der Waals surface area contributed by atoms with Crippen LogP contribution >= 0.6 is 11.6 Å². The molecule has 1 heterocycles. The van der Waals surface area contributed by atoms with Crippen molar-refractivity contribution < 1.29 is 4.74 Å². The van der Waals surface area contributed by atoms with Crippen LogP contribution in [0.3, 0.4) is 0 Å². The second-order valence-electron chi connectivity index (χ2n) is 4.08. The SMILES string of the molecule is Clc1ccccc1COc1ncnc2ccccc12. The molecule has 0 N–H and O–H groups in total. The van der Waals surface area contributed by atoms with E-state index in [2.05, 4.69) is 9.97 Å². The van der Waals surface area contributed by atoms with Crippen molar-refractivity contribution in [1.82, 2.24) is 9.97 Å². The molecule has 0 aliphatic heterocycles. The van der Waals surface area contributed by atoms with Crippen LogP contribution in [0.25, 0.3) is 10.9 Å². The molecule has 2 aromatic carbocycles. The Hall–Kier alpha value is -2.13. The molecule has 1 aromatic heterocycles. The number of para-hydroxylation sites is 1. The Kier molecular flexibility index (Phi) is 3.29. The van der Waals surface area contributed by atoms with Gasteiger partial charge in [0, 0.05) is 10.6 Å². The van der Waals surface area contributed by atoms with Crippen LogP contribution in [0, 0.1) is 0 Å². The van der Waals surface area contributed by atoms with Gasteiger partial charge >= 0.3 is 0 Å². The Morgan fingerprint density at radius 1 is 0.947 bits per heavy atom. The third-order valence-electron chi connectivity index (χ3n) is 2.83. The van der Waals surface area contributed by atoms with Gasteiger partial charge in [-0.15, -0.1) is 0 Å². The average Bonchev–Trinajstić information content (AvgIpc) is 2.46. The van der Waals surface area contributed by atoms with Crippen LogP contribution in [0.15, 0.2) is 54.9 Å². The van der Waals surface area contributed by atoms with Crippen LogP contribution in [-0.2, 0) is 6.61 Å². The van der Waals surface area contributed by atoms with Gasteiger partial charge in [0.2, 0.25) is 5.88 Å². The average molecular weight is 271 g/mol. The molecule has 0 aliphatic rings. The van der Waals surface area contributed by atoms with Crippen LogP contribution in [0.1, 0.15) is 5.56 Å². The van der Waals surface area contributed by atoms with Crippen molar-refractivity contribution in [3.05, 3.63) is 65.4 Å². The summed E-state index contributed by atoms with van der Waals surface area (Å²) in [6, 6.07) is 15.4. The highest BCUT2D eigenvalue weighted by atomic mass is 35.5. The zero-order valence-corrected chi connectivity index (χ0v) is 10.8. The van der Waals surface area contributed by atoms with Crippen molar-refractivity contribution in [2.45, 2.75) is 6.61 Å². The van der Waals surface area contributed by atoms with Gasteiger partial charge in [0.05, 0.1) is 10.9 Å². The van der Waals surface area contributed by atoms with Gasteiger partial charge in [0.15, 0.2) is 0 Å². The molecule has 4 heteroatoms. The molecule has 0 fully saturated rings. The van der Waals surface area contributed by atoms with E-state index in [1.165, 1.54) is 6.33 Å². The van der Waals surface area contributed by atoms with E-state index >= 15 is 0 Å². The predicted octanol–water partition coefficient (Wildman–Crippen LogP) is 3.86. The Morgan fingerprint density at radius 3 is 2.63 bits per heavy atom. The van der Waals surface area contributed by atoms with Gasteiger partial charge in [-0.2, -0.15) is 0 Å². The minimum atomic E-state index is 0.390. The van der Waals surface area contributed by atoms with Gasteiger partial charge in [0.1, 0.15) is 12.9 Å². The quantitative estimate of drug-likeness (QED) is 0.725. The Bertz CT molecular complexity index is 710. The lowest BCUT2D eigenvalue weighted by atomic mass is 10.2. The highest BCUT2D eigenvalue weighted by Crippen LogP contribution is 2.23. The van der Waals surface area contributed by atoms with Gasteiger partial charge in [-0.1, -0.05) is 41.9 Å². The predicted molar refractivity (Wildman–Crippen MR) is 75.3 cm³/mol. The zero-order valence-electron chi connectivity index (χ0n) is 10.1. The summed E-state index contributed by atoms with van der Waals surface area (Å²) in [5.74, 6) is 0.575. The molecular weight excluding hydrogens is 260 g/mol. The van der Waals surface area contributed by atoms with Crippen molar-refractivity contribution in [1.29, 1.82) is 0 Å². The Labute approximate surface area is 115 Å². The molecule has 0 amide bonds. The van der Waals surface area contributed by atoms with E-state index in [1.54, 1.807) is 0 Å². The number of nitrogens with zero attached hydrogens (tertiary/aromatic N) is 2. The standard InChI is InChI=1S/C15H11ClN2O/c16-13-7-3-1-5-11(13)9-19-15-12-6-2-4-8-14(12)17-10-18-15/h1-8,10H,9H2. The molecule has 94 valence electrons. The fourth-order valence-corrected chi connectivity index (χ4v) is 2.05. The third-order valence-corrected chi connectivity index (χ3v) is 3.20. The summed E-state index contributed by atoms with van der Waals surface area (Å²) >= 11 is 6.10. The molecule has 3 aromatic rings.